The summed E-state index contributed by atoms with van der Waals surface area (Å²) in [5.74, 6) is 0.622. The number of hydrogen-bond acceptors (Lipinski definition) is 1. The van der Waals surface area contributed by atoms with Crippen LogP contribution in [0.3, 0.4) is 0 Å². The monoisotopic (exact) mass is 287 g/mol. The second kappa shape index (κ2) is 7.71. The number of carbonyl (C=O) groups excluding carboxylic acids is 1. The fourth-order valence-corrected chi connectivity index (χ4v) is 2.11. The molecule has 0 unspecified atom stereocenters. The zero-order valence-corrected chi connectivity index (χ0v) is 12.1. The summed E-state index contributed by atoms with van der Waals surface area (Å²) < 4.78 is 0. The molecule has 20 heavy (non-hydrogen) atoms. The molecule has 3 heteroatoms. The predicted molar refractivity (Wildman–Crippen MR) is 83.1 cm³/mol. The lowest BCUT2D eigenvalue weighted by Crippen LogP contribution is -2.22. The molecule has 0 aliphatic heterocycles. The Morgan fingerprint density at radius 2 is 1.65 bits per heavy atom. The predicted octanol–water partition coefficient (Wildman–Crippen LogP) is 3.79. The molecule has 2 aromatic rings. The third-order valence-electron chi connectivity index (χ3n) is 3.11. The summed E-state index contributed by atoms with van der Waals surface area (Å²) in [5, 5.41) is 2.92. The zero-order chi connectivity index (χ0) is 14.2. The minimum atomic E-state index is -0.0438. The second-order valence-corrected chi connectivity index (χ2v) is 5.04. The van der Waals surface area contributed by atoms with Crippen LogP contribution in [0.2, 0.25) is 0 Å². The van der Waals surface area contributed by atoms with Crippen molar-refractivity contribution in [3.05, 3.63) is 71.3 Å². The molecule has 1 N–H and O–H groups in total. The van der Waals surface area contributed by atoms with Gasteiger partial charge in [0.1, 0.15) is 0 Å². The van der Waals surface area contributed by atoms with Crippen LogP contribution >= 0.6 is 11.6 Å². The van der Waals surface area contributed by atoms with Crippen LogP contribution in [-0.4, -0.2) is 11.8 Å². The van der Waals surface area contributed by atoms with Gasteiger partial charge in [-0.05, 0) is 36.1 Å². The van der Waals surface area contributed by atoms with Crippen molar-refractivity contribution in [3.8, 4) is 0 Å². The van der Waals surface area contributed by atoms with E-state index in [9.17, 15) is 4.79 Å². The summed E-state index contributed by atoms with van der Waals surface area (Å²) >= 11 is 5.67. The highest BCUT2D eigenvalue weighted by Crippen LogP contribution is 2.08. The lowest BCUT2D eigenvalue weighted by Gasteiger charge is -2.06. The van der Waals surface area contributed by atoms with Crippen LogP contribution in [0.15, 0.2) is 54.6 Å². The molecular weight excluding hydrogens is 270 g/mol. The van der Waals surface area contributed by atoms with E-state index in [1.807, 2.05) is 54.6 Å². The summed E-state index contributed by atoms with van der Waals surface area (Å²) in [7, 11) is 0. The maximum Gasteiger partial charge on any atom is 0.251 e. The molecular formula is C17H18ClNO. The van der Waals surface area contributed by atoms with Crippen LogP contribution in [-0.2, 0) is 13.0 Å². The van der Waals surface area contributed by atoms with Gasteiger partial charge in [0.05, 0.1) is 0 Å². The van der Waals surface area contributed by atoms with Gasteiger partial charge in [-0.15, -0.1) is 11.6 Å². The molecule has 0 radical (unpaired) electrons. The van der Waals surface area contributed by atoms with Gasteiger partial charge in [0.25, 0.3) is 5.91 Å². The van der Waals surface area contributed by atoms with Crippen LogP contribution in [0.4, 0.5) is 0 Å². The van der Waals surface area contributed by atoms with Crippen LogP contribution in [0.1, 0.15) is 27.9 Å². The van der Waals surface area contributed by atoms with Gasteiger partial charge in [0.15, 0.2) is 0 Å². The highest BCUT2D eigenvalue weighted by Gasteiger charge is 2.04. The molecule has 0 aliphatic rings. The number of alkyl halides is 1. The fraction of sp³-hybridized carbons (Fsp3) is 0.235. The van der Waals surface area contributed by atoms with Crippen LogP contribution in [0.5, 0.6) is 0 Å². The first-order chi connectivity index (χ1) is 9.79. The summed E-state index contributed by atoms with van der Waals surface area (Å²) in [6, 6.07) is 17.6. The van der Waals surface area contributed by atoms with Gasteiger partial charge in [0.2, 0.25) is 0 Å². The SMILES string of the molecule is O=C(NCc1ccccc1)c1ccc(CCCCl)cc1. The van der Waals surface area contributed by atoms with E-state index in [2.05, 4.69) is 5.32 Å². The highest BCUT2D eigenvalue weighted by atomic mass is 35.5. The third-order valence-corrected chi connectivity index (χ3v) is 3.38. The number of rotatable bonds is 6. The van der Waals surface area contributed by atoms with Crippen molar-refractivity contribution in [1.29, 1.82) is 0 Å². The molecule has 0 heterocycles. The number of halogens is 1. The van der Waals surface area contributed by atoms with Crippen molar-refractivity contribution in [2.24, 2.45) is 0 Å². The van der Waals surface area contributed by atoms with Gasteiger partial charge in [0, 0.05) is 18.0 Å². The summed E-state index contributed by atoms with van der Waals surface area (Å²) in [6.07, 6.45) is 1.91. The van der Waals surface area contributed by atoms with E-state index in [-0.39, 0.29) is 5.91 Å². The Morgan fingerprint density at radius 1 is 0.950 bits per heavy atom. The molecule has 104 valence electrons. The Morgan fingerprint density at radius 3 is 2.30 bits per heavy atom. The fourth-order valence-electron chi connectivity index (χ4n) is 1.97. The zero-order valence-electron chi connectivity index (χ0n) is 11.3. The Bertz CT molecular complexity index is 537. The quantitative estimate of drug-likeness (QED) is 0.805. The number of carbonyl (C=O) groups is 1. The van der Waals surface area contributed by atoms with Gasteiger partial charge in [-0.25, -0.2) is 0 Å². The van der Waals surface area contributed by atoms with Gasteiger partial charge in [-0.3, -0.25) is 4.79 Å². The van der Waals surface area contributed by atoms with Gasteiger partial charge in [-0.2, -0.15) is 0 Å². The minimum Gasteiger partial charge on any atom is -0.348 e. The van der Waals surface area contributed by atoms with Crippen LogP contribution < -0.4 is 5.32 Å². The van der Waals surface area contributed by atoms with E-state index in [0.29, 0.717) is 18.0 Å². The molecule has 0 atom stereocenters. The maximum atomic E-state index is 12.0. The molecule has 0 aromatic heterocycles. The van der Waals surface area contributed by atoms with Crippen molar-refractivity contribution < 1.29 is 4.79 Å². The van der Waals surface area contributed by atoms with E-state index in [0.717, 1.165) is 18.4 Å². The van der Waals surface area contributed by atoms with Crippen molar-refractivity contribution in [3.63, 3.8) is 0 Å². The van der Waals surface area contributed by atoms with E-state index < -0.39 is 0 Å². The molecule has 1 amide bonds. The number of aryl methyl sites for hydroxylation is 1. The molecule has 2 aromatic carbocycles. The van der Waals surface area contributed by atoms with E-state index in [1.54, 1.807) is 0 Å². The molecule has 0 saturated carbocycles. The molecule has 0 fully saturated rings. The van der Waals surface area contributed by atoms with Crippen LogP contribution in [0, 0.1) is 0 Å². The van der Waals surface area contributed by atoms with Crippen molar-refractivity contribution in [2.45, 2.75) is 19.4 Å². The molecule has 0 saturated heterocycles. The maximum absolute atomic E-state index is 12.0. The number of benzene rings is 2. The number of hydrogen-bond donors (Lipinski definition) is 1. The molecule has 0 bridgehead atoms. The lowest BCUT2D eigenvalue weighted by molar-refractivity contribution is 0.0951. The van der Waals surface area contributed by atoms with Crippen LogP contribution in [0.25, 0.3) is 0 Å². The lowest BCUT2D eigenvalue weighted by atomic mass is 10.1. The average Bonchev–Trinajstić information content (AvgIpc) is 2.52. The largest absolute Gasteiger partial charge is 0.348 e. The number of nitrogens with one attached hydrogen (secondary N) is 1. The molecule has 0 spiro atoms. The standard InChI is InChI=1S/C17H18ClNO/c18-12-4-7-14-8-10-16(11-9-14)17(20)19-13-15-5-2-1-3-6-15/h1-3,5-6,8-11H,4,7,12-13H2,(H,19,20). The number of amides is 1. The van der Waals surface area contributed by atoms with Gasteiger partial charge < -0.3 is 5.32 Å². The normalized spacial score (nSPS) is 10.2. The first-order valence-corrected chi connectivity index (χ1v) is 7.30. The van der Waals surface area contributed by atoms with Gasteiger partial charge in [-0.1, -0.05) is 42.5 Å². The van der Waals surface area contributed by atoms with Crippen molar-refractivity contribution in [2.75, 3.05) is 5.88 Å². The summed E-state index contributed by atoms with van der Waals surface area (Å²) in [4.78, 5) is 12.0. The van der Waals surface area contributed by atoms with Crippen molar-refractivity contribution in [1.82, 2.24) is 5.32 Å². The minimum absolute atomic E-state index is 0.0438. The first kappa shape index (κ1) is 14.6. The Labute approximate surface area is 124 Å². The topological polar surface area (TPSA) is 29.1 Å². The smallest absolute Gasteiger partial charge is 0.251 e. The first-order valence-electron chi connectivity index (χ1n) is 6.76. The Kier molecular flexibility index (Phi) is 5.63. The van der Waals surface area contributed by atoms with Gasteiger partial charge >= 0.3 is 0 Å². The average molecular weight is 288 g/mol. The third kappa shape index (κ3) is 4.39. The van der Waals surface area contributed by atoms with E-state index in [1.165, 1.54) is 5.56 Å². The molecule has 2 nitrogen and oxygen atoms in total. The summed E-state index contributed by atoms with van der Waals surface area (Å²) in [5.41, 5.74) is 3.00. The molecule has 0 aliphatic carbocycles. The Balaban J connectivity index is 1.89. The Hall–Kier alpha value is -1.80. The second-order valence-electron chi connectivity index (χ2n) is 4.66. The summed E-state index contributed by atoms with van der Waals surface area (Å²) in [6.45, 7) is 0.549. The highest BCUT2D eigenvalue weighted by molar-refractivity contribution is 6.17. The van der Waals surface area contributed by atoms with E-state index >= 15 is 0 Å². The molecule has 2 rings (SSSR count). The van der Waals surface area contributed by atoms with E-state index in [4.69, 9.17) is 11.6 Å². The van der Waals surface area contributed by atoms with Crippen molar-refractivity contribution >= 4 is 17.5 Å².